The molecule has 0 atom stereocenters. The van der Waals surface area contributed by atoms with E-state index in [1.165, 1.54) is 25.5 Å². The third kappa shape index (κ3) is 8.02. The zero-order valence-electron chi connectivity index (χ0n) is 17.1. The summed E-state index contributed by atoms with van der Waals surface area (Å²) in [5, 5.41) is 14.2. The van der Waals surface area contributed by atoms with Gasteiger partial charge in [0, 0.05) is 17.4 Å². The van der Waals surface area contributed by atoms with E-state index in [0.29, 0.717) is 27.4 Å². The van der Waals surface area contributed by atoms with E-state index in [9.17, 15) is 21.6 Å². The number of hydrogen-bond donors (Lipinski definition) is 4. The summed E-state index contributed by atoms with van der Waals surface area (Å²) in [7, 11) is -2.17. The van der Waals surface area contributed by atoms with Crippen LogP contribution in [0.5, 0.6) is 0 Å². The van der Waals surface area contributed by atoms with Gasteiger partial charge >= 0.3 is 12.1 Å². The van der Waals surface area contributed by atoms with Crippen molar-refractivity contribution in [3.8, 4) is 0 Å². The Hall–Kier alpha value is -3.13. The maximum Gasteiger partial charge on any atom is 0.490 e. The monoisotopic (exact) mass is 537 g/mol. The summed E-state index contributed by atoms with van der Waals surface area (Å²) < 4.78 is 57.9. The number of benzene rings is 2. The van der Waals surface area contributed by atoms with E-state index < -0.39 is 22.2 Å². The van der Waals surface area contributed by atoms with Crippen molar-refractivity contribution >= 4 is 62.2 Å². The van der Waals surface area contributed by atoms with Gasteiger partial charge in [-0.15, -0.1) is 0 Å². The Kier molecular flexibility index (Phi) is 9.04. The maximum absolute atomic E-state index is 11.9. The van der Waals surface area contributed by atoms with Gasteiger partial charge in [0.2, 0.25) is 10.0 Å². The van der Waals surface area contributed by atoms with Crippen LogP contribution in [-0.2, 0) is 14.8 Å². The largest absolute Gasteiger partial charge is 0.490 e. The number of carboxylic acid groups (broad SMARTS) is 1. The Morgan fingerprint density at radius 1 is 0.941 bits per heavy atom. The highest BCUT2D eigenvalue weighted by Crippen LogP contribution is 2.27. The molecule has 0 amide bonds. The number of alkyl halides is 3. The van der Waals surface area contributed by atoms with Gasteiger partial charge in [0.15, 0.2) is 0 Å². The van der Waals surface area contributed by atoms with Gasteiger partial charge in [-0.05, 0) is 43.4 Å². The highest BCUT2D eigenvalue weighted by Gasteiger charge is 2.38. The molecule has 0 saturated carbocycles. The van der Waals surface area contributed by atoms with Gasteiger partial charge < -0.3 is 15.7 Å². The summed E-state index contributed by atoms with van der Waals surface area (Å²) in [4.78, 5) is 17.3. The lowest BCUT2D eigenvalue weighted by atomic mass is 10.3. The lowest BCUT2D eigenvalue weighted by Gasteiger charge is -2.10. The van der Waals surface area contributed by atoms with Crippen LogP contribution in [0.15, 0.2) is 59.8 Å². The number of rotatable bonds is 6. The summed E-state index contributed by atoms with van der Waals surface area (Å²) in [6, 6.07) is 13.2. The average molecular weight is 538 g/mol. The SMILES string of the molecule is CNS(=O)(=O)c1cccc(Nc2cc(Nc3ccc(Cl)c(Cl)c3)ncn2)c1.O=C(O)C(F)(F)F. The summed E-state index contributed by atoms with van der Waals surface area (Å²) in [5.41, 5.74) is 1.29. The van der Waals surface area contributed by atoms with Crippen molar-refractivity contribution in [2.24, 2.45) is 0 Å². The molecule has 0 aliphatic heterocycles. The number of carbonyl (C=O) groups is 1. The van der Waals surface area contributed by atoms with Crippen LogP contribution < -0.4 is 15.4 Å². The molecule has 0 aliphatic carbocycles. The predicted octanol–water partition coefficient (Wildman–Crippen LogP) is 4.81. The van der Waals surface area contributed by atoms with E-state index in [1.54, 1.807) is 36.4 Å². The molecule has 0 bridgehead atoms. The van der Waals surface area contributed by atoms with E-state index >= 15 is 0 Å². The zero-order chi connectivity index (χ0) is 25.5. The number of carboxylic acids is 1. The topological polar surface area (TPSA) is 133 Å². The van der Waals surface area contributed by atoms with Crippen molar-refractivity contribution in [2.45, 2.75) is 11.1 Å². The minimum atomic E-state index is -5.08. The van der Waals surface area contributed by atoms with Crippen molar-refractivity contribution in [1.29, 1.82) is 0 Å². The molecule has 0 radical (unpaired) electrons. The molecular formula is C19H16Cl2F3N5O4S. The molecule has 182 valence electrons. The molecular weight excluding hydrogens is 522 g/mol. The quantitative estimate of drug-likeness (QED) is 0.352. The molecule has 3 aromatic rings. The zero-order valence-corrected chi connectivity index (χ0v) is 19.4. The Bertz CT molecular complexity index is 1280. The lowest BCUT2D eigenvalue weighted by molar-refractivity contribution is -0.192. The molecule has 1 aromatic heterocycles. The molecule has 9 nitrogen and oxygen atoms in total. The van der Waals surface area contributed by atoms with Gasteiger partial charge in [-0.1, -0.05) is 29.3 Å². The van der Waals surface area contributed by atoms with Crippen LogP contribution >= 0.6 is 23.2 Å². The fourth-order valence-corrected chi connectivity index (χ4v) is 3.30. The second kappa shape index (κ2) is 11.3. The second-order valence-electron chi connectivity index (χ2n) is 6.21. The van der Waals surface area contributed by atoms with Gasteiger partial charge in [0.1, 0.15) is 18.0 Å². The Morgan fingerprint density at radius 3 is 2.00 bits per heavy atom. The third-order valence-corrected chi connectivity index (χ3v) is 5.94. The summed E-state index contributed by atoms with van der Waals surface area (Å²) in [6.07, 6.45) is -3.70. The summed E-state index contributed by atoms with van der Waals surface area (Å²) in [5.74, 6) is -1.73. The number of nitrogens with zero attached hydrogens (tertiary/aromatic N) is 2. The molecule has 0 aliphatic rings. The molecule has 34 heavy (non-hydrogen) atoms. The number of aliphatic carboxylic acids is 1. The average Bonchev–Trinajstić information content (AvgIpc) is 2.76. The highest BCUT2D eigenvalue weighted by molar-refractivity contribution is 7.89. The van der Waals surface area contributed by atoms with E-state index in [2.05, 4.69) is 25.3 Å². The first-order chi connectivity index (χ1) is 15.8. The first-order valence-electron chi connectivity index (χ1n) is 8.96. The summed E-state index contributed by atoms with van der Waals surface area (Å²) in [6.45, 7) is 0. The fraction of sp³-hybridized carbons (Fsp3) is 0.105. The van der Waals surface area contributed by atoms with Crippen LogP contribution in [0, 0.1) is 0 Å². The molecule has 0 spiro atoms. The normalized spacial score (nSPS) is 11.2. The number of halogens is 5. The molecule has 0 unspecified atom stereocenters. The smallest absolute Gasteiger partial charge is 0.475 e. The first kappa shape index (κ1) is 27.1. The van der Waals surface area contributed by atoms with Crippen LogP contribution in [0.3, 0.4) is 0 Å². The number of sulfonamides is 1. The van der Waals surface area contributed by atoms with Gasteiger partial charge in [0.05, 0.1) is 14.9 Å². The second-order valence-corrected chi connectivity index (χ2v) is 8.91. The van der Waals surface area contributed by atoms with Crippen LogP contribution in [0.2, 0.25) is 10.0 Å². The minimum absolute atomic E-state index is 0.151. The summed E-state index contributed by atoms with van der Waals surface area (Å²) >= 11 is 11.9. The van der Waals surface area contributed by atoms with E-state index in [1.807, 2.05) is 0 Å². The third-order valence-electron chi connectivity index (χ3n) is 3.79. The molecule has 2 aromatic carbocycles. The van der Waals surface area contributed by atoms with Crippen molar-refractivity contribution < 1.29 is 31.5 Å². The van der Waals surface area contributed by atoms with Crippen LogP contribution in [0.4, 0.5) is 36.2 Å². The Labute approximate surface area is 202 Å². The maximum atomic E-state index is 11.9. The number of aromatic nitrogens is 2. The van der Waals surface area contributed by atoms with Gasteiger partial charge in [-0.2, -0.15) is 13.2 Å². The molecule has 3 rings (SSSR count). The fourth-order valence-electron chi connectivity index (χ4n) is 2.22. The standard InChI is InChI=1S/C17H15Cl2N5O2S.C2HF3O2/c1-20-27(25,26)13-4-2-3-11(7-13)23-16-9-17(22-10-21-16)24-12-5-6-14(18)15(19)8-12;3-2(4,5)1(6)7/h2-10,20H,1H3,(H2,21,22,23,24);(H,6,7). The van der Waals surface area contributed by atoms with E-state index in [4.69, 9.17) is 33.1 Å². The number of hydrogen-bond acceptors (Lipinski definition) is 7. The van der Waals surface area contributed by atoms with Crippen molar-refractivity contribution in [3.05, 3.63) is 64.9 Å². The van der Waals surface area contributed by atoms with Crippen molar-refractivity contribution in [2.75, 3.05) is 17.7 Å². The molecule has 15 heteroatoms. The molecule has 4 N–H and O–H groups in total. The number of nitrogens with one attached hydrogen (secondary N) is 3. The van der Waals surface area contributed by atoms with Crippen molar-refractivity contribution in [1.82, 2.24) is 14.7 Å². The Balaban J connectivity index is 0.000000509. The number of anilines is 4. The predicted molar refractivity (Wildman–Crippen MR) is 121 cm³/mol. The first-order valence-corrected chi connectivity index (χ1v) is 11.2. The molecule has 0 saturated heterocycles. The van der Waals surface area contributed by atoms with Crippen LogP contribution in [0.25, 0.3) is 0 Å². The van der Waals surface area contributed by atoms with Crippen LogP contribution in [-0.4, -0.2) is 42.7 Å². The Morgan fingerprint density at radius 2 is 1.50 bits per heavy atom. The van der Waals surface area contributed by atoms with E-state index in [0.717, 1.165) is 5.69 Å². The van der Waals surface area contributed by atoms with Gasteiger partial charge in [-0.3, -0.25) is 0 Å². The van der Waals surface area contributed by atoms with Crippen molar-refractivity contribution in [3.63, 3.8) is 0 Å². The van der Waals surface area contributed by atoms with Crippen LogP contribution in [0.1, 0.15) is 0 Å². The highest BCUT2D eigenvalue weighted by atomic mass is 35.5. The van der Waals surface area contributed by atoms with Gasteiger partial charge in [-0.25, -0.2) is 27.9 Å². The molecule has 0 fully saturated rings. The molecule has 1 heterocycles. The van der Waals surface area contributed by atoms with Gasteiger partial charge in [0.25, 0.3) is 0 Å². The van der Waals surface area contributed by atoms with E-state index in [-0.39, 0.29) is 4.90 Å². The minimum Gasteiger partial charge on any atom is -0.475 e. The lowest BCUT2D eigenvalue weighted by Crippen LogP contribution is -2.21.